The predicted octanol–water partition coefficient (Wildman–Crippen LogP) is 2.97. The fourth-order valence-corrected chi connectivity index (χ4v) is 2.71. The normalized spacial score (nSPS) is 30.4. The molecule has 2 nitrogen and oxygen atoms in total. The van der Waals surface area contributed by atoms with Crippen LogP contribution in [0.25, 0.3) is 0 Å². The minimum Gasteiger partial charge on any atom is -0.375 e. The topological polar surface area (TPSA) is 21.3 Å². The lowest BCUT2D eigenvalue weighted by Gasteiger charge is -2.47. The van der Waals surface area contributed by atoms with Gasteiger partial charge in [0.1, 0.15) is 0 Å². The molecule has 2 atom stereocenters. The van der Waals surface area contributed by atoms with Crippen molar-refractivity contribution in [1.82, 2.24) is 5.32 Å². The highest BCUT2D eigenvalue weighted by Crippen LogP contribution is 2.42. The van der Waals surface area contributed by atoms with Gasteiger partial charge in [-0.25, -0.2) is 0 Å². The fraction of sp³-hybridized carbons (Fsp3) is 1.00. The SMILES string of the molecule is CC(C)C(C)CNC1CCOC2(CCC2)C1. The summed E-state index contributed by atoms with van der Waals surface area (Å²) in [6.45, 7) is 9.09. The Kier molecular flexibility index (Phi) is 3.91. The van der Waals surface area contributed by atoms with Crippen molar-refractivity contribution < 1.29 is 4.74 Å². The second kappa shape index (κ2) is 5.05. The van der Waals surface area contributed by atoms with E-state index in [1.54, 1.807) is 0 Å². The van der Waals surface area contributed by atoms with E-state index in [1.807, 2.05) is 0 Å². The average Bonchev–Trinajstić information content (AvgIpc) is 2.24. The molecular weight excluding hydrogens is 198 g/mol. The summed E-state index contributed by atoms with van der Waals surface area (Å²) in [5, 5.41) is 3.75. The van der Waals surface area contributed by atoms with E-state index in [0.29, 0.717) is 6.04 Å². The quantitative estimate of drug-likeness (QED) is 0.794. The van der Waals surface area contributed by atoms with Crippen LogP contribution in [0.3, 0.4) is 0 Å². The third-order valence-electron chi connectivity index (χ3n) is 4.62. The number of ether oxygens (including phenoxy) is 1. The summed E-state index contributed by atoms with van der Waals surface area (Å²) >= 11 is 0. The van der Waals surface area contributed by atoms with Gasteiger partial charge in [-0.2, -0.15) is 0 Å². The molecule has 0 amide bonds. The minimum atomic E-state index is 0.289. The summed E-state index contributed by atoms with van der Waals surface area (Å²) in [5.74, 6) is 1.56. The first-order chi connectivity index (χ1) is 7.61. The maximum absolute atomic E-state index is 5.95. The molecule has 0 bridgehead atoms. The molecule has 0 radical (unpaired) electrons. The van der Waals surface area contributed by atoms with Crippen molar-refractivity contribution in [2.24, 2.45) is 11.8 Å². The van der Waals surface area contributed by atoms with Crippen LogP contribution in [-0.4, -0.2) is 24.8 Å². The van der Waals surface area contributed by atoms with Gasteiger partial charge in [-0.05, 0) is 50.5 Å². The Hall–Kier alpha value is -0.0800. The van der Waals surface area contributed by atoms with Crippen molar-refractivity contribution in [3.05, 3.63) is 0 Å². The van der Waals surface area contributed by atoms with Crippen LogP contribution in [0.15, 0.2) is 0 Å². The summed E-state index contributed by atoms with van der Waals surface area (Å²) in [6, 6.07) is 0.704. The van der Waals surface area contributed by atoms with Crippen molar-refractivity contribution in [3.63, 3.8) is 0 Å². The monoisotopic (exact) mass is 225 g/mol. The van der Waals surface area contributed by atoms with Crippen molar-refractivity contribution in [2.75, 3.05) is 13.2 Å². The van der Waals surface area contributed by atoms with Crippen molar-refractivity contribution in [3.8, 4) is 0 Å². The average molecular weight is 225 g/mol. The van der Waals surface area contributed by atoms with Crippen LogP contribution in [0.1, 0.15) is 52.9 Å². The fourth-order valence-electron chi connectivity index (χ4n) is 2.71. The summed E-state index contributed by atoms with van der Waals surface area (Å²) in [6.07, 6.45) is 6.41. The third-order valence-corrected chi connectivity index (χ3v) is 4.62. The van der Waals surface area contributed by atoms with Crippen LogP contribution in [0, 0.1) is 11.8 Å². The van der Waals surface area contributed by atoms with Crippen LogP contribution in [0.5, 0.6) is 0 Å². The summed E-state index contributed by atoms with van der Waals surface area (Å²) in [5.41, 5.74) is 0.289. The molecule has 2 fully saturated rings. The molecule has 2 rings (SSSR count). The number of rotatable bonds is 4. The Bertz CT molecular complexity index is 223. The largest absolute Gasteiger partial charge is 0.375 e. The molecule has 1 aliphatic heterocycles. The molecule has 2 unspecified atom stereocenters. The molecule has 0 aromatic heterocycles. The molecular formula is C14H27NO. The second-order valence-corrected chi connectivity index (χ2v) is 6.20. The van der Waals surface area contributed by atoms with Gasteiger partial charge in [0.05, 0.1) is 5.60 Å². The zero-order valence-corrected chi connectivity index (χ0v) is 11.1. The maximum atomic E-state index is 5.95. The van der Waals surface area contributed by atoms with Gasteiger partial charge < -0.3 is 10.1 Å². The molecule has 1 N–H and O–H groups in total. The lowest BCUT2D eigenvalue weighted by Crippen LogP contribution is -2.51. The summed E-state index contributed by atoms with van der Waals surface area (Å²) in [7, 11) is 0. The van der Waals surface area contributed by atoms with E-state index in [1.165, 1.54) is 38.6 Å². The first-order valence-corrected chi connectivity index (χ1v) is 6.99. The van der Waals surface area contributed by atoms with Gasteiger partial charge in [0.2, 0.25) is 0 Å². The Balaban J connectivity index is 1.73. The minimum absolute atomic E-state index is 0.289. The molecule has 1 aliphatic carbocycles. The molecule has 1 saturated heterocycles. The zero-order valence-electron chi connectivity index (χ0n) is 11.1. The first-order valence-electron chi connectivity index (χ1n) is 6.99. The summed E-state index contributed by atoms with van der Waals surface area (Å²) < 4.78 is 5.95. The number of nitrogens with one attached hydrogen (secondary N) is 1. The molecule has 1 saturated carbocycles. The van der Waals surface area contributed by atoms with Crippen LogP contribution >= 0.6 is 0 Å². The molecule has 1 spiro atoms. The van der Waals surface area contributed by atoms with Crippen LogP contribution in [0.4, 0.5) is 0 Å². The second-order valence-electron chi connectivity index (χ2n) is 6.20. The van der Waals surface area contributed by atoms with Crippen molar-refractivity contribution in [2.45, 2.75) is 64.5 Å². The van der Waals surface area contributed by atoms with Gasteiger partial charge in [-0.1, -0.05) is 20.8 Å². The van der Waals surface area contributed by atoms with Gasteiger partial charge in [0.25, 0.3) is 0 Å². The van der Waals surface area contributed by atoms with E-state index < -0.39 is 0 Å². The van der Waals surface area contributed by atoms with E-state index >= 15 is 0 Å². The Morgan fingerprint density at radius 3 is 2.62 bits per heavy atom. The number of hydrogen-bond donors (Lipinski definition) is 1. The van der Waals surface area contributed by atoms with Gasteiger partial charge >= 0.3 is 0 Å². The smallest absolute Gasteiger partial charge is 0.0697 e. The summed E-state index contributed by atoms with van der Waals surface area (Å²) in [4.78, 5) is 0. The first kappa shape index (κ1) is 12.4. The van der Waals surface area contributed by atoms with Crippen molar-refractivity contribution >= 4 is 0 Å². The molecule has 2 heteroatoms. The molecule has 94 valence electrons. The van der Waals surface area contributed by atoms with Gasteiger partial charge in [-0.3, -0.25) is 0 Å². The lowest BCUT2D eigenvalue weighted by atomic mass is 9.74. The molecule has 0 aromatic rings. The molecule has 2 aliphatic rings. The Labute approximate surface area is 100 Å². The van der Waals surface area contributed by atoms with E-state index in [0.717, 1.165) is 18.4 Å². The van der Waals surface area contributed by atoms with Gasteiger partial charge in [0.15, 0.2) is 0 Å². The maximum Gasteiger partial charge on any atom is 0.0697 e. The van der Waals surface area contributed by atoms with Crippen molar-refractivity contribution in [1.29, 1.82) is 0 Å². The zero-order chi connectivity index (χ0) is 11.6. The van der Waals surface area contributed by atoms with E-state index in [-0.39, 0.29) is 5.60 Å². The Morgan fingerprint density at radius 1 is 1.31 bits per heavy atom. The predicted molar refractivity (Wildman–Crippen MR) is 67.6 cm³/mol. The molecule has 16 heavy (non-hydrogen) atoms. The van der Waals surface area contributed by atoms with Crippen LogP contribution in [0.2, 0.25) is 0 Å². The molecule has 0 aromatic carbocycles. The highest BCUT2D eigenvalue weighted by molar-refractivity contribution is 4.96. The lowest BCUT2D eigenvalue weighted by molar-refractivity contribution is -0.135. The Morgan fingerprint density at radius 2 is 2.06 bits per heavy atom. The standard InChI is InChI=1S/C14H27NO/c1-11(2)12(3)10-15-13-5-8-16-14(9-13)6-4-7-14/h11-13,15H,4-10H2,1-3H3. The highest BCUT2D eigenvalue weighted by atomic mass is 16.5. The van der Waals surface area contributed by atoms with Crippen LogP contribution < -0.4 is 5.32 Å². The van der Waals surface area contributed by atoms with E-state index in [9.17, 15) is 0 Å². The van der Waals surface area contributed by atoms with Gasteiger partial charge in [-0.15, -0.1) is 0 Å². The van der Waals surface area contributed by atoms with E-state index in [4.69, 9.17) is 4.74 Å². The number of hydrogen-bond acceptors (Lipinski definition) is 2. The molecule has 1 heterocycles. The van der Waals surface area contributed by atoms with E-state index in [2.05, 4.69) is 26.1 Å². The van der Waals surface area contributed by atoms with Gasteiger partial charge in [0, 0.05) is 12.6 Å². The highest BCUT2D eigenvalue weighted by Gasteiger charge is 2.42. The van der Waals surface area contributed by atoms with Crippen LogP contribution in [-0.2, 0) is 4.74 Å². The third kappa shape index (κ3) is 2.78.